The molecule has 0 aliphatic heterocycles. The summed E-state index contributed by atoms with van der Waals surface area (Å²) < 4.78 is 0. The van der Waals surface area contributed by atoms with E-state index in [2.05, 4.69) is 0 Å². The molecular weight excluding hydrogens is 292 g/mol. The van der Waals surface area contributed by atoms with Gasteiger partial charge < -0.3 is 10.0 Å². The summed E-state index contributed by atoms with van der Waals surface area (Å²) in [7, 11) is 0. The van der Waals surface area contributed by atoms with Crippen LogP contribution in [0.1, 0.15) is 22.2 Å². The first-order valence-electron chi connectivity index (χ1n) is 6.29. The molecule has 2 rings (SSSR count). The molecule has 1 aromatic heterocycles. The summed E-state index contributed by atoms with van der Waals surface area (Å²) in [6, 6.07) is 7.55. The lowest BCUT2D eigenvalue weighted by molar-refractivity contribution is -0.380. The van der Waals surface area contributed by atoms with Gasteiger partial charge in [-0.1, -0.05) is 17.4 Å². The van der Waals surface area contributed by atoms with Crippen LogP contribution in [0.2, 0.25) is 0 Å². The molecule has 0 bridgehead atoms. The first kappa shape index (κ1) is 15.0. The fourth-order valence-electron chi connectivity index (χ4n) is 1.99. The Labute approximate surface area is 125 Å². The van der Waals surface area contributed by atoms with Crippen molar-refractivity contribution in [1.82, 2.24) is 0 Å². The molecule has 21 heavy (non-hydrogen) atoms. The fourth-order valence-corrected chi connectivity index (χ4v) is 2.76. The smallest absolute Gasteiger partial charge is 0.324 e. The molecule has 110 valence electrons. The Morgan fingerprint density at radius 1 is 1.38 bits per heavy atom. The lowest BCUT2D eigenvalue weighted by atomic mass is 10.1. The molecule has 6 nitrogen and oxygen atoms in total. The predicted octanol–water partition coefficient (Wildman–Crippen LogP) is 3.34. The monoisotopic (exact) mass is 306 g/mol. The van der Waals surface area contributed by atoms with Crippen molar-refractivity contribution in [3.8, 4) is 5.75 Å². The van der Waals surface area contributed by atoms with Crippen LogP contribution in [-0.2, 0) is 0 Å². The van der Waals surface area contributed by atoms with E-state index in [9.17, 15) is 20.0 Å². The normalized spacial score (nSPS) is 10.4. The molecule has 0 radical (unpaired) electrons. The molecule has 1 heterocycles. The number of nitro groups is 1. The zero-order chi connectivity index (χ0) is 15.6. The highest BCUT2D eigenvalue weighted by Crippen LogP contribution is 2.29. The summed E-state index contributed by atoms with van der Waals surface area (Å²) in [5.41, 5.74) is 1.44. The number of amides is 1. The Kier molecular flexibility index (Phi) is 4.23. The van der Waals surface area contributed by atoms with Crippen molar-refractivity contribution < 1.29 is 14.8 Å². The van der Waals surface area contributed by atoms with Gasteiger partial charge in [-0.2, -0.15) is 0 Å². The molecule has 0 spiro atoms. The number of aryl methyl sites for hydroxylation is 1. The number of thiophene rings is 1. The Balaban J connectivity index is 2.38. The summed E-state index contributed by atoms with van der Waals surface area (Å²) in [5, 5.41) is 20.2. The molecule has 0 aliphatic carbocycles. The number of nitrogens with zero attached hydrogens (tertiary/aromatic N) is 2. The third-order valence-corrected chi connectivity index (χ3v) is 4.05. The third kappa shape index (κ3) is 3.03. The minimum atomic E-state index is -0.517. The maximum absolute atomic E-state index is 12.5. The number of phenols is 1. The number of carbonyl (C=O) groups excluding carboxylic acids is 1. The van der Waals surface area contributed by atoms with E-state index >= 15 is 0 Å². The van der Waals surface area contributed by atoms with Crippen LogP contribution in [0.5, 0.6) is 5.75 Å². The van der Waals surface area contributed by atoms with Gasteiger partial charge in [0.05, 0.1) is 15.5 Å². The van der Waals surface area contributed by atoms with Crippen molar-refractivity contribution in [2.45, 2.75) is 13.8 Å². The lowest BCUT2D eigenvalue weighted by Gasteiger charge is -2.22. The topological polar surface area (TPSA) is 83.7 Å². The summed E-state index contributed by atoms with van der Waals surface area (Å²) in [5.74, 6) is -0.247. The van der Waals surface area contributed by atoms with Crippen molar-refractivity contribution in [2.75, 3.05) is 11.4 Å². The number of anilines is 1. The van der Waals surface area contributed by atoms with E-state index in [1.807, 2.05) is 13.8 Å². The van der Waals surface area contributed by atoms with Gasteiger partial charge in [-0.3, -0.25) is 14.9 Å². The van der Waals surface area contributed by atoms with Crippen molar-refractivity contribution in [2.24, 2.45) is 0 Å². The van der Waals surface area contributed by atoms with Crippen molar-refractivity contribution in [1.29, 1.82) is 0 Å². The van der Waals surface area contributed by atoms with E-state index in [-0.39, 0.29) is 16.7 Å². The molecule has 1 amide bonds. The zero-order valence-electron chi connectivity index (χ0n) is 11.6. The number of hydrogen-bond donors (Lipinski definition) is 1. The molecule has 2 aromatic rings. The lowest BCUT2D eigenvalue weighted by Crippen LogP contribution is -2.30. The van der Waals surface area contributed by atoms with Crippen molar-refractivity contribution in [3.63, 3.8) is 0 Å². The van der Waals surface area contributed by atoms with Crippen LogP contribution in [0.15, 0.2) is 30.3 Å². The highest BCUT2D eigenvalue weighted by Gasteiger charge is 2.22. The number of rotatable bonds is 4. The summed E-state index contributed by atoms with van der Waals surface area (Å²) in [6.45, 7) is 4.04. The van der Waals surface area contributed by atoms with E-state index in [0.29, 0.717) is 17.1 Å². The van der Waals surface area contributed by atoms with Gasteiger partial charge in [0.2, 0.25) is 0 Å². The van der Waals surface area contributed by atoms with Gasteiger partial charge in [0, 0.05) is 18.7 Å². The third-order valence-electron chi connectivity index (χ3n) is 3.03. The van der Waals surface area contributed by atoms with Crippen LogP contribution in [0.3, 0.4) is 0 Å². The standard InChI is InChI=1S/C14H14N2O4S/c1-3-15(11-8-10(17)5-4-9(11)2)14(18)12-6-7-13(21-12)16(19)20/h4-8,17H,3H2,1-2H3. The fraction of sp³-hybridized carbons (Fsp3) is 0.214. The summed E-state index contributed by atoms with van der Waals surface area (Å²) in [4.78, 5) is 24.5. The number of phenolic OH excluding ortho intramolecular Hbond substituents is 1. The van der Waals surface area contributed by atoms with Gasteiger partial charge in [-0.15, -0.1) is 0 Å². The molecule has 7 heteroatoms. The second-order valence-electron chi connectivity index (χ2n) is 4.42. The average Bonchev–Trinajstić information content (AvgIpc) is 2.93. The van der Waals surface area contributed by atoms with E-state index in [0.717, 1.165) is 16.9 Å². The Bertz CT molecular complexity index is 696. The highest BCUT2D eigenvalue weighted by molar-refractivity contribution is 7.17. The van der Waals surface area contributed by atoms with Crippen LogP contribution in [0.4, 0.5) is 10.7 Å². The molecule has 0 saturated carbocycles. The Morgan fingerprint density at radius 2 is 2.10 bits per heavy atom. The molecule has 0 aliphatic rings. The zero-order valence-corrected chi connectivity index (χ0v) is 12.4. The molecule has 1 aromatic carbocycles. The highest BCUT2D eigenvalue weighted by atomic mass is 32.1. The maximum Gasteiger partial charge on any atom is 0.324 e. The van der Waals surface area contributed by atoms with Crippen LogP contribution < -0.4 is 4.90 Å². The number of aromatic hydroxyl groups is 1. The Hall–Kier alpha value is -2.41. The van der Waals surface area contributed by atoms with Crippen LogP contribution in [0.25, 0.3) is 0 Å². The Morgan fingerprint density at radius 3 is 2.67 bits per heavy atom. The molecule has 1 N–H and O–H groups in total. The van der Waals surface area contributed by atoms with Crippen LogP contribution in [0, 0.1) is 17.0 Å². The maximum atomic E-state index is 12.5. The SMILES string of the molecule is CCN(C(=O)c1ccc([N+](=O)[O-])s1)c1cc(O)ccc1C. The number of benzene rings is 1. The largest absolute Gasteiger partial charge is 0.508 e. The quantitative estimate of drug-likeness (QED) is 0.693. The van der Waals surface area contributed by atoms with Crippen LogP contribution in [-0.4, -0.2) is 22.5 Å². The first-order valence-corrected chi connectivity index (χ1v) is 7.11. The first-order chi connectivity index (χ1) is 9.93. The van der Waals surface area contributed by atoms with Gasteiger partial charge in [0.1, 0.15) is 5.75 Å². The van der Waals surface area contributed by atoms with E-state index in [1.165, 1.54) is 23.1 Å². The predicted molar refractivity (Wildman–Crippen MR) is 81.2 cm³/mol. The van der Waals surface area contributed by atoms with Gasteiger partial charge in [0.15, 0.2) is 0 Å². The van der Waals surface area contributed by atoms with Crippen LogP contribution >= 0.6 is 11.3 Å². The molecular formula is C14H14N2O4S. The van der Waals surface area contributed by atoms with Crippen molar-refractivity contribution >= 4 is 27.9 Å². The minimum absolute atomic E-state index is 0.0676. The van der Waals surface area contributed by atoms with Gasteiger partial charge in [0.25, 0.3) is 5.91 Å². The second kappa shape index (κ2) is 5.92. The van der Waals surface area contributed by atoms with Gasteiger partial charge in [-0.25, -0.2) is 0 Å². The second-order valence-corrected chi connectivity index (χ2v) is 5.48. The average molecular weight is 306 g/mol. The van der Waals surface area contributed by atoms with Gasteiger partial charge >= 0.3 is 5.00 Å². The number of hydrogen-bond acceptors (Lipinski definition) is 5. The summed E-state index contributed by atoms with van der Waals surface area (Å²) >= 11 is 0.845. The molecule has 0 fully saturated rings. The molecule has 0 unspecified atom stereocenters. The minimum Gasteiger partial charge on any atom is -0.508 e. The van der Waals surface area contributed by atoms with Gasteiger partial charge in [-0.05, 0) is 31.5 Å². The van der Waals surface area contributed by atoms with Crippen molar-refractivity contribution in [3.05, 3.63) is 50.9 Å². The number of carbonyl (C=O) groups is 1. The molecule has 0 saturated heterocycles. The molecule has 0 atom stereocenters. The van der Waals surface area contributed by atoms with E-state index < -0.39 is 4.92 Å². The van der Waals surface area contributed by atoms with E-state index in [1.54, 1.807) is 12.1 Å². The summed E-state index contributed by atoms with van der Waals surface area (Å²) in [6.07, 6.45) is 0. The van der Waals surface area contributed by atoms with E-state index in [4.69, 9.17) is 0 Å².